The second-order valence-electron chi connectivity index (χ2n) is 7.47. The number of anilines is 1. The molecule has 2 aromatic heterocycles. The highest BCUT2D eigenvalue weighted by molar-refractivity contribution is 7.92. The molecule has 0 spiro atoms. The fourth-order valence-electron chi connectivity index (χ4n) is 3.61. The minimum Gasteiger partial charge on any atom is -0.382 e. The van der Waals surface area contributed by atoms with Gasteiger partial charge in [0.25, 0.3) is 0 Å². The molecule has 33 heavy (non-hydrogen) atoms. The van der Waals surface area contributed by atoms with E-state index in [9.17, 15) is 8.42 Å². The molecule has 0 saturated carbocycles. The summed E-state index contributed by atoms with van der Waals surface area (Å²) in [6.07, 6.45) is 1.62. The van der Waals surface area contributed by atoms with Crippen LogP contribution in [0.5, 0.6) is 0 Å². The van der Waals surface area contributed by atoms with Crippen molar-refractivity contribution in [3.8, 4) is 0 Å². The Kier molecular flexibility index (Phi) is 5.11. The van der Waals surface area contributed by atoms with Gasteiger partial charge in [0.15, 0.2) is 5.65 Å². The van der Waals surface area contributed by atoms with Gasteiger partial charge in [0.05, 0.1) is 22.1 Å². The number of sulfone groups is 1. The molecular weight excluding hydrogens is 458 g/mol. The minimum absolute atomic E-state index is 0.0126. The summed E-state index contributed by atoms with van der Waals surface area (Å²) in [5.74, 6) is -0.0786. The number of nitrogen functional groups attached to an aromatic ring is 1. The number of hydrogen-bond acceptors (Lipinski definition) is 6. The summed E-state index contributed by atoms with van der Waals surface area (Å²) in [6.45, 7) is 1.96. The lowest BCUT2D eigenvalue weighted by molar-refractivity contribution is 0.597. The van der Waals surface area contributed by atoms with Gasteiger partial charge in [0.1, 0.15) is 16.2 Å². The molecule has 0 fully saturated rings. The highest BCUT2D eigenvalue weighted by atomic mass is 35.5. The number of rotatable bonds is 4. The van der Waals surface area contributed by atoms with Gasteiger partial charge < -0.3 is 5.73 Å². The van der Waals surface area contributed by atoms with Crippen LogP contribution < -0.4 is 5.73 Å². The number of halogens is 1. The molecule has 0 bridgehead atoms. The number of hydrogen-bond donors (Lipinski definition) is 1. The van der Waals surface area contributed by atoms with E-state index in [-0.39, 0.29) is 26.8 Å². The number of fused-ring (bicyclic) bond motifs is 2. The van der Waals surface area contributed by atoms with Crippen molar-refractivity contribution < 1.29 is 8.42 Å². The Morgan fingerprint density at radius 1 is 0.970 bits per heavy atom. The maximum Gasteiger partial charge on any atom is 0.212 e. The van der Waals surface area contributed by atoms with Crippen LogP contribution in [0.4, 0.5) is 5.82 Å². The molecule has 0 aliphatic heterocycles. The number of para-hydroxylation sites is 2. The predicted octanol–water partition coefficient (Wildman–Crippen LogP) is 4.84. The number of nitrogens with zero attached hydrogens (tertiary/aromatic N) is 4. The molecule has 7 nitrogen and oxygen atoms in total. The van der Waals surface area contributed by atoms with Crippen LogP contribution in [-0.2, 0) is 9.84 Å². The maximum absolute atomic E-state index is 13.6. The smallest absolute Gasteiger partial charge is 0.212 e. The number of nitrogens with two attached hydrogens (primary N) is 1. The normalized spacial score (nSPS) is 12.2. The zero-order valence-corrected chi connectivity index (χ0v) is 19.0. The van der Waals surface area contributed by atoms with E-state index in [1.54, 1.807) is 30.5 Å². The van der Waals surface area contributed by atoms with Crippen LogP contribution in [0.3, 0.4) is 0 Å². The first-order valence-electron chi connectivity index (χ1n) is 10.0. The quantitative estimate of drug-likeness (QED) is 0.374. The zero-order chi connectivity index (χ0) is 23.2. The lowest BCUT2D eigenvalue weighted by Crippen LogP contribution is -2.06. The Hall–Kier alpha value is -3.75. The Morgan fingerprint density at radius 3 is 2.39 bits per heavy atom. The van der Waals surface area contributed by atoms with E-state index in [2.05, 4.69) is 15.1 Å². The van der Waals surface area contributed by atoms with Crippen LogP contribution in [0, 0.1) is 6.92 Å². The highest BCUT2D eigenvalue weighted by Crippen LogP contribution is 2.35. The van der Waals surface area contributed by atoms with Gasteiger partial charge in [-0.15, -0.1) is 0 Å². The molecule has 164 valence electrons. The van der Waals surface area contributed by atoms with Crippen LogP contribution in [0.25, 0.3) is 22.2 Å². The second-order valence-corrected chi connectivity index (χ2v) is 9.80. The topological polar surface area (TPSA) is 103 Å². The van der Waals surface area contributed by atoms with E-state index in [1.165, 1.54) is 16.8 Å². The molecular formula is C24H18ClN5O2S. The standard InChI is InChI=1S/C24H18ClN5O2S/c1-15-7-2-3-8-16(15)14-27-30-23(26)22(33(31,32)18-10-6-9-17(25)13-18)21-24(30)29-20-12-5-4-11-19(20)28-21/h2-14H,26H2,1H3/b27-14+. The Bertz CT molecular complexity index is 1680. The SMILES string of the molecule is Cc1ccccc1/C=N/n1c(N)c(S(=O)(=O)c2cccc(Cl)c2)c2nc3ccccc3nc21. The van der Waals surface area contributed by atoms with Crippen molar-refractivity contribution in [2.75, 3.05) is 5.73 Å². The molecule has 0 atom stereocenters. The first-order chi connectivity index (χ1) is 15.9. The summed E-state index contributed by atoms with van der Waals surface area (Å²) < 4.78 is 28.6. The average molecular weight is 476 g/mol. The molecule has 5 aromatic rings. The van der Waals surface area contributed by atoms with Gasteiger partial charge in [0, 0.05) is 5.02 Å². The van der Waals surface area contributed by atoms with Crippen molar-refractivity contribution >= 4 is 55.7 Å². The van der Waals surface area contributed by atoms with E-state index in [0.717, 1.165) is 11.1 Å². The molecule has 2 heterocycles. The largest absolute Gasteiger partial charge is 0.382 e. The van der Waals surface area contributed by atoms with E-state index in [0.29, 0.717) is 16.1 Å². The number of benzene rings is 3. The van der Waals surface area contributed by atoms with Crippen LogP contribution in [0.1, 0.15) is 11.1 Å². The molecule has 0 radical (unpaired) electrons. The first-order valence-corrected chi connectivity index (χ1v) is 11.9. The molecule has 0 saturated heterocycles. The van der Waals surface area contributed by atoms with Gasteiger partial charge in [-0.25, -0.2) is 18.4 Å². The first kappa shape index (κ1) is 21.1. The summed E-state index contributed by atoms with van der Waals surface area (Å²) in [7, 11) is -4.06. The van der Waals surface area contributed by atoms with Crippen LogP contribution in [-0.4, -0.2) is 29.3 Å². The molecule has 0 amide bonds. The molecule has 5 rings (SSSR count). The predicted molar refractivity (Wildman–Crippen MR) is 131 cm³/mol. The van der Waals surface area contributed by atoms with Gasteiger partial charge >= 0.3 is 0 Å². The fraction of sp³-hybridized carbons (Fsp3) is 0.0417. The van der Waals surface area contributed by atoms with Crippen molar-refractivity contribution in [2.45, 2.75) is 16.7 Å². The van der Waals surface area contributed by atoms with Crippen LogP contribution in [0.2, 0.25) is 5.02 Å². The van der Waals surface area contributed by atoms with Gasteiger partial charge in [-0.2, -0.15) is 9.78 Å². The van der Waals surface area contributed by atoms with Crippen molar-refractivity contribution in [1.82, 2.24) is 14.6 Å². The number of aryl methyl sites for hydroxylation is 1. The lowest BCUT2D eigenvalue weighted by Gasteiger charge is -2.05. The summed E-state index contributed by atoms with van der Waals surface area (Å²) >= 11 is 6.06. The maximum atomic E-state index is 13.6. The van der Waals surface area contributed by atoms with Crippen molar-refractivity contribution in [1.29, 1.82) is 0 Å². The molecule has 0 aliphatic carbocycles. The van der Waals surface area contributed by atoms with E-state index < -0.39 is 9.84 Å². The fourth-order valence-corrected chi connectivity index (χ4v) is 5.39. The van der Waals surface area contributed by atoms with Gasteiger partial charge in [-0.1, -0.05) is 54.1 Å². The lowest BCUT2D eigenvalue weighted by atomic mass is 10.1. The Labute approximate surface area is 195 Å². The third-order valence-corrected chi connectivity index (χ3v) is 7.35. The van der Waals surface area contributed by atoms with Gasteiger partial charge in [0.2, 0.25) is 9.84 Å². The monoisotopic (exact) mass is 475 g/mol. The average Bonchev–Trinajstić information content (AvgIpc) is 3.07. The molecule has 0 aliphatic rings. The van der Waals surface area contributed by atoms with Gasteiger partial charge in [-0.3, -0.25) is 0 Å². The third-order valence-electron chi connectivity index (χ3n) is 5.30. The van der Waals surface area contributed by atoms with Crippen LogP contribution >= 0.6 is 11.6 Å². The highest BCUT2D eigenvalue weighted by Gasteiger charge is 2.30. The molecule has 2 N–H and O–H groups in total. The summed E-state index contributed by atoms with van der Waals surface area (Å²) in [5, 5.41) is 4.79. The van der Waals surface area contributed by atoms with E-state index >= 15 is 0 Å². The van der Waals surface area contributed by atoms with Crippen LogP contribution in [0.15, 0.2) is 87.7 Å². The Balaban J connectivity index is 1.82. The van der Waals surface area contributed by atoms with E-state index in [4.69, 9.17) is 17.3 Å². The Morgan fingerprint density at radius 2 is 1.67 bits per heavy atom. The second kappa shape index (κ2) is 7.99. The van der Waals surface area contributed by atoms with Gasteiger partial charge in [-0.05, 0) is 48.4 Å². The summed E-state index contributed by atoms with van der Waals surface area (Å²) in [6, 6.07) is 20.9. The minimum atomic E-state index is -4.06. The summed E-state index contributed by atoms with van der Waals surface area (Å²) in [4.78, 5) is 9.09. The zero-order valence-electron chi connectivity index (χ0n) is 17.5. The third kappa shape index (κ3) is 3.63. The molecule has 9 heteroatoms. The summed E-state index contributed by atoms with van der Waals surface area (Å²) in [5.41, 5.74) is 9.82. The van der Waals surface area contributed by atoms with E-state index in [1.807, 2.05) is 43.3 Å². The van der Waals surface area contributed by atoms with Crippen molar-refractivity contribution in [2.24, 2.45) is 5.10 Å². The molecule has 3 aromatic carbocycles. The van der Waals surface area contributed by atoms with Crippen molar-refractivity contribution in [3.63, 3.8) is 0 Å². The van der Waals surface area contributed by atoms with Crippen molar-refractivity contribution in [3.05, 3.63) is 88.9 Å². The number of aromatic nitrogens is 3. The molecule has 0 unspecified atom stereocenters.